The molecule has 0 heterocycles. The summed E-state index contributed by atoms with van der Waals surface area (Å²) in [5.41, 5.74) is 11.0. The van der Waals surface area contributed by atoms with E-state index in [2.05, 4.69) is 40.7 Å². The Balaban J connectivity index is 3.37. The summed E-state index contributed by atoms with van der Waals surface area (Å²) in [6.07, 6.45) is 0.999. The summed E-state index contributed by atoms with van der Waals surface area (Å²) < 4.78 is 5.46. The van der Waals surface area contributed by atoms with Crippen LogP contribution in [0.1, 0.15) is 42.5 Å². The van der Waals surface area contributed by atoms with E-state index in [4.69, 9.17) is 10.5 Å². The fourth-order valence-corrected chi connectivity index (χ4v) is 2.57. The molecule has 0 amide bonds. The quantitative estimate of drug-likeness (QED) is 0.869. The van der Waals surface area contributed by atoms with Crippen molar-refractivity contribution in [3.63, 3.8) is 0 Å². The minimum Gasteiger partial charge on any atom is -0.496 e. The topological polar surface area (TPSA) is 35.2 Å². The summed E-state index contributed by atoms with van der Waals surface area (Å²) in [6.45, 7) is 11.6. The van der Waals surface area contributed by atoms with Gasteiger partial charge in [0.15, 0.2) is 0 Å². The number of hydrogen-bond acceptors (Lipinski definition) is 2. The van der Waals surface area contributed by atoms with Crippen LogP contribution in [0.2, 0.25) is 0 Å². The minimum absolute atomic E-state index is 0.126. The van der Waals surface area contributed by atoms with Gasteiger partial charge in [-0.2, -0.15) is 0 Å². The molecular formula is C15H25NO. The minimum atomic E-state index is 0.126. The lowest BCUT2D eigenvalue weighted by Crippen LogP contribution is -2.23. The first-order valence-corrected chi connectivity index (χ1v) is 6.20. The third kappa shape index (κ3) is 2.63. The van der Waals surface area contributed by atoms with Crippen LogP contribution in [0, 0.1) is 20.8 Å². The molecule has 2 heteroatoms. The van der Waals surface area contributed by atoms with Crippen LogP contribution in [-0.2, 0) is 5.41 Å². The summed E-state index contributed by atoms with van der Waals surface area (Å²) >= 11 is 0. The van der Waals surface area contributed by atoms with E-state index in [1.165, 1.54) is 22.3 Å². The summed E-state index contributed by atoms with van der Waals surface area (Å²) in [5.74, 6) is 1.01. The number of ether oxygens (including phenoxy) is 1. The molecule has 2 nitrogen and oxygen atoms in total. The predicted molar refractivity (Wildman–Crippen MR) is 73.9 cm³/mol. The maximum atomic E-state index is 5.71. The summed E-state index contributed by atoms with van der Waals surface area (Å²) in [4.78, 5) is 0. The molecule has 0 aliphatic rings. The highest BCUT2D eigenvalue weighted by Crippen LogP contribution is 2.36. The van der Waals surface area contributed by atoms with Crippen LogP contribution in [0.4, 0.5) is 0 Å². The Morgan fingerprint density at radius 3 is 2.24 bits per heavy atom. The number of nitrogens with two attached hydrogens (primary N) is 1. The van der Waals surface area contributed by atoms with Crippen molar-refractivity contribution < 1.29 is 4.74 Å². The van der Waals surface area contributed by atoms with Crippen molar-refractivity contribution in [2.45, 2.75) is 46.5 Å². The van der Waals surface area contributed by atoms with E-state index < -0.39 is 0 Å². The smallest absolute Gasteiger partial charge is 0.124 e. The van der Waals surface area contributed by atoms with Gasteiger partial charge in [0.25, 0.3) is 0 Å². The van der Waals surface area contributed by atoms with Gasteiger partial charge in [0, 0.05) is 0 Å². The lowest BCUT2D eigenvalue weighted by molar-refractivity contribution is 0.406. The maximum Gasteiger partial charge on any atom is 0.124 e. The molecule has 0 radical (unpaired) electrons. The van der Waals surface area contributed by atoms with E-state index in [0.29, 0.717) is 0 Å². The molecule has 1 rings (SSSR count). The Labute approximate surface area is 105 Å². The summed E-state index contributed by atoms with van der Waals surface area (Å²) in [7, 11) is 1.74. The van der Waals surface area contributed by atoms with E-state index in [1.807, 2.05) is 0 Å². The molecule has 0 aromatic heterocycles. The van der Waals surface area contributed by atoms with Gasteiger partial charge in [-0.1, -0.05) is 19.9 Å². The Kier molecular flexibility index (Phi) is 4.21. The van der Waals surface area contributed by atoms with Gasteiger partial charge in [0.05, 0.1) is 7.11 Å². The highest BCUT2D eigenvalue weighted by molar-refractivity contribution is 5.51. The van der Waals surface area contributed by atoms with Gasteiger partial charge in [-0.3, -0.25) is 0 Å². The van der Waals surface area contributed by atoms with E-state index in [1.54, 1.807) is 7.11 Å². The van der Waals surface area contributed by atoms with Gasteiger partial charge >= 0.3 is 0 Å². The first-order valence-electron chi connectivity index (χ1n) is 6.20. The number of aryl methyl sites for hydroxylation is 1. The molecule has 0 saturated heterocycles. The Morgan fingerprint density at radius 1 is 1.18 bits per heavy atom. The third-order valence-electron chi connectivity index (χ3n) is 3.73. The normalized spacial score (nSPS) is 11.7. The zero-order valence-corrected chi connectivity index (χ0v) is 12.0. The van der Waals surface area contributed by atoms with Crippen molar-refractivity contribution in [3.8, 4) is 5.75 Å². The largest absolute Gasteiger partial charge is 0.496 e. The predicted octanol–water partition coefficient (Wildman–Crippen LogP) is 3.25. The molecule has 17 heavy (non-hydrogen) atoms. The molecule has 0 aliphatic carbocycles. The highest BCUT2D eigenvalue weighted by atomic mass is 16.5. The van der Waals surface area contributed by atoms with Gasteiger partial charge < -0.3 is 10.5 Å². The SMILES string of the molecule is COc1c(C)cc(C(C)(C)CCN)c(C)c1C. The molecule has 0 unspecified atom stereocenters. The molecule has 2 N–H and O–H groups in total. The maximum absolute atomic E-state index is 5.71. The fraction of sp³-hybridized carbons (Fsp3) is 0.600. The molecule has 0 aliphatic heterocycles. The lowest BCUT2D eigenvalue weighted by atomic mass is 9.77. The third-order valence-corrected chi connectivity index (χ3v) is 3.73. The molecule has 1 aromatic rings. The standard InChI is InChI=1S/C15H25NO/c1-10-9-13(15(4,5)7-8-16)11(2)12(3)14(10)17-6/h9H,7-8,16H2,1-6H3. The first kappa shape index (κ1) is 14.0. The number of rotatable bonds is 4. The fourth-order valence-electron chi connectivity index (χ4n) is 2.57. The molecule has 0 bridgehead atoms. The second-order valence-corrected chi connectivity index (χ2v) is 5.45. The van der Waals surface area contributed by atoms with Crippen LogP contribution in [0.3, 0.4) is 0 Å². The Hall–Kier alpha value is -1.02. The molecule has 0 atom stereocenters. The van der Waals surface area contributed by atoms with Crippen molar-refractivity contribution in [2.75, 3.05) is 13.7 Å². The van der Waals surface area contributed by atoms with Crippen LogP contribution >= 0.6 is 0 Å². The molecular weight excluding hydrogens is 210 g/mol. The second kappa shape index (κ2) is 5.09. The van der Waals surface area contributed by atoms with E-state index in [0.717, 1.165) is 18.7 Å². The van der Waals surface area contributed by atoms with E-state index in [9.17, 15) is 0 Å². The average Bonchev–Trinajstić information content (AvgIpc) is 2.24. The molecule has 0 saturated carbocycles. The van der Waals surface area contributed by atoms with Crippen molar-refractivity contribution in [1.82, 2.24) is 0 Å². The Morgan fingerprint density at radius 2 is 1.76 bits per heavy atom. The molecule has 1 aromatic carbocycles. The van der Waals surface area contributed by atoms with Crippen molar-refractivity contribution in [3.05, 3.63) is 28.3 Å². The van der Waals surface area contributed by atoms with Crippen molar-refractivity contribution in [1.29, 1.82) is 0 Å². The molecule has 0 spiro atoms. The zero-order valence-electron chi connectivity index (χ0n) is 12.0. The van der Waals surface area contributed by atoms with Crippen LogP contribution in [0.25, 0.3) is 0 Å². The highest BCUT2D eigenvalue weighted by Gasteiger charge is 2.24. The van der Waals surface area contributed by atoms with E-state index in [-0.39, 0.29) is 5.41 Å². The van der Waals surface area contributed by atoms with Gasteiger partial charge in [-0.05, 0) is 61.4 Å². The van der Waals surface area contributed by atoms with Gasteiger partial charge in [-0.25, -0.2) is 0 Å². The van der Waals surface area contributed by atoms with Crippen molar-refractivity contribution in [2.24, 2.45) is 5.73 Å². The monoisotopic (exact) mass is 235 g/mol. The molecule has 0 fully saturated rings. The van der Waals surface area contributed by atoms with Crippen molar-refractivity contribution >= 4 is 0 Å². The summed E-state index contributed by atoms with van der Waals surface area (Å²) in [5, 5.41) is 0. The first-order chi connectivity index (χ1) is 7.85. The number of benzene rings is 1. The van der Waals surface area contributed by atoms with E-state index >= 15 is 0 Å². The van der Waals surface area contributed by atoms with Crippen LogP contribution in [0.5, 0.6) is 5.75 Å². The van der Waals surface area contributed by atoms with Crippen LogP contribution in [0.15, 0.2) is 6.07 Å². The number of hydrogen-bond donors (Lipinski definition) is 1. The van der Waals surface area contributed by atoms with Gasteiger partial charge in [-0.15, -0.1) is 0 Å². The Bertz CT molecular complexity index is 408. The van der Waals surface area contributed by atoms with Gasteiger partial charge in [0.1, 0.15) is 5.75 Å². The summed E-state index contributed by atoms with van der Waals surface area (Å²) in [6, 6.07) is 2.25. The second-order valence-electron chi connectivity index (χ2n) is 5.45. The number of methoxy groups -OCH3 is 1. The lowest BCUT2D eigenvalue weighted by Gasteiger charge is -2.29. The zero-order chi connectivity index (χ0) is 13.2. The van der Waals surface area contributed by atoms with Crippen LogP contribution in [-0.4, -0.2) is 13.7 Å². The average molecular weight is 235 g/mol. The van der Waals surface area contributed by atoms with Crippen LogP contribution < -0.4 is 10.5 Å². The molecule has 96 valence electrons. The van der Waals surface area contributed by atoms with Gasteiger partial charge in [0.2, 0.25) is 0 Å².